The Labute approximate surface area is 166 Å². The van der Waals surface area contributed by atoms with Gasteiger partial charge in [0.05, 0.1) is 12.7 Å². The normalized spacial score (nSPS) is 14.3. The van der Waals surface area contributed by atoms with Crippen LogP contribution in [0.2, 0.25) is 0 Å². The molecule has 0 unspecified atom stereocenters. The van der Waals surface area contributed by atoms with E-state index in [1.165, 1.54) is 24.0 Å². The van der Waals surface area contributed by atoms with Crippen molar-refractivity contribution in [1.29, 1.82) is 0 Å². The molecule has 0 saturated carbocycles. The van der Waals surface area contributed by atoms with E-state index < -0.39 is 0 Å². The van der Waals surface area contributed by atoms with Gasteiger partial charge in [-0.3, -0.25) is 9.69 Å². The van der Waals surface area contributed by atoms with Gasteiger partial charge in [0.2, 0.25) is 0 Å². The average molecular weight is 374 g/mol. The van der Waals surface area contributed by atoms with Crippen LogP contribution in [0, 0.1) is 0 Å². The summed E-state index contributed by atoms with van der Waals surface area (Å²) in [5.41, 5.74) is 3.02. The lowest BCUT2D eigenvalue weighted by atomic mass is 10.0. The second-order valence-electron chi connectivity index (χ2n) is 7.33. The summed E-state index contributed by atoms with van der Waals surface area (Å²) in [7, 11) is 1.60. The molecular weight excluding hydrogens is 348 g/mol. The summed E-state index contributed by atoms with van der Waals surface area (Å²) in [5, 5.41) is 5.17. The van der Waals surface area contributed by atoms with E-state index in [0.29, 0.717) is 17.9 Å². The van der Waals surface area contributed by atoms with Crippen LogP contribution in [-0.4, -0.2) is 31.0 Å². The molecule has 0 radical (unpaired) electrons. The number of hydrogen-bond donors (Lipinski definition) is 1. The van der Waals surface area contributed by atoms with Crippen LogP contribution < -0.4 is 10.1 Å². The van der Waals surface area contributed by atoms with E-state index in [4.69, 9.17) is 4.74 Å². The van der Waals surface area contributed by atoms with Crippen molar-refractivity contribution in [2.24, 2.45) is 0 Å². The van der Waals surface area contributed by atoms with Gasteiger partial charge in [-0.1, -0.05) is 48.5 Å². The Morgan fingerprint density at radius 1 is 0.964 bits per heavy atom. The number of carbonyl (C=O) groups excluding carboxylic acids is 1. The van der Waals surface area contributed by atoms with E-state index in [9.17, 15) is 4.79 Å². The molecule has 1 fully saturated rings. The minimum atomic E-state index is -0.112. The molecule has 3 aromatic rings. The van der Waals surface area contributed by atoms with Gasteiger partial charge in [0.15, 0.2) is 0 Å². The van der Waals surface area contributed by atoms with Gasteiger partial charge in [0.1, 0.15) is 5.75 Å². The minimum Gasteiger partial charge on any atom is -0.496 e. The number of benzene rings is 3. The zero-order valence-corrected chi connectivity index (χ0v) is 16.3. The fraction of sp³-hybridized carbons (Fsp3) is 0.292. The molecule has 1 aliphatic heterocycles. The fourth-order valence-electron chi connectivity index (χ4n) is 3.90. The van der Waals surface area contributed by atoms with Crippen LogP contribution >= 0.6 is 0 Å². The van der Waals surface area contributed by atoms with Gasteiger partial charge < -0.3 is 10.1 Å². The summed E-state index contributed by atoms with van der Waals surface area (Å²) < 4.78 is 5.47. The first-order valence-corrected chi connectivity index (χ1v) is 9.89. The number of likely N-dealkylation sites (tertiary alicyclic amines) is 1. The van der Waals surface area contributed by atoms with Crippen LogP contribution in [0.1, 0.15) is 34.3 Å². The molecule has 1 saturated heterocycles. The molecule has 144 valence electrons. The van der Waals surface area contributed by atoms with E-state index in [-0.39, 0.29) is 5.91 Å². The molecule has 28 heavy (non-hydrogen) atoms. The number of fused-ring (bicyclic) bond motifs is 1. The van der Waals surface area contributed by atoms with Crippen molar-refractivity contribution in [2.45, 2.75) is 25.9 Å². The number of nitrogens with one attached hydrogen (secondary N) is 1. The molecular formula is C24H26N2O2. The number of rotatable bonds is 6. The summed E-state index contributed by atoms with van der Waals surface area (Å²) in [6, 6.07) is 20.2. The Morgan fingerprint density at radius 3 is 2.32 bits per heavy atom. The summed E-state index contributed by atoms with van der Waals surface area (Å²) in [6.07, 6.45) is 2.56. The highest BCUT2D eigenvalue weighted by Crippen LogP contribution is 2.26. The van der Waals surface area contributed by atoms with Crippen molar-refractivity contribution in [3.05, 3.63) is 77.4 Å². The van der Waals surface area contributed by atoms with Gasteiger partial charge in [-0.05, 0) is 60.0 Å². The SMILES string of the molecule is COc1cc2ccccc2cc1C(=O)NCc1ccccc1CN1CCCC1. The third-order valence-corrected chi connectivity index (χ3v) is 5.46. The Hall–Kier alpha value is -2.85. The fourth-order valence-corrected chi connectivity index (χ4v) is 3.90. The highest BCUT2D eigenvalue weighted by Gasteiger charge is 2.16. The lowest BCUT2D eigenvalue weighted by Crippen LogP contribution is -2.25. The van der Waals surface area contributed by atoms with Gasteiger partial charge in [-0.15, -0.1) is 0 Å². The van der Waals surface area contributed by atoms with Gasteiger partial charge >= 0.3 is 0 Å². The highest BCUT2D eigenvalue weighted by molar-refractivity contribution is 6.01. The van der Waals surface area contributed by atoms with Crippen LogP contribution in [0.5, 0.6) is 5.75 Å². The Morgan fingerprint density at radius 2 is 1.61 bits per heavy atom. The standard InChI is InChI=1S/C24H26N2O2/c1-28-23-15-19-9-3-2-8-18(19)14-22(23)24(27)25-16-20-10-4-5-11-21(20)17-26-12-6-7-13-26/h2-5,8-11,14-15H,6-7,12-13,16-17H2,1H3,(H,25,27). The first-order valence-electron chi connectivity index (χ1n) is 9.89. The minimum absolute atomic E-state index is 0.112. The largest absolute Gasteiger partial charge is 0.496 e. The van der Waals surface area contributed by atoms with E-state index >= 15 is 0 Å². The Kier molecular flexibility index (Phi) is 5.58. The third kappa shape index (κ3) is 4.02. The predicted octanol–water partition coefficient (Wildman–Crippen LogP) is 4.37. The van der Waals surface area contributed by atoms with Crippen LogP contribution in [0.25, 0.3) is 10.8 Å². The van der Waals surface area contributed by atoms with Crippen molar-refractivity contribution in [3.63, 3.8) is 0 Å². The number of amides is 1. The van der Waals surface area contributed by atoms with Crippen LogP contribution in [0.3, 0.4) is 0 Å². The predicted molar refractivity (Wildman–Crippen MR) is 113 cm³/mol. The van der Waals surface area contributed by atoms with Crippen LogP contribution in [-0.2, 0) is 13.1 Å². The van der Waals surface area contributed by atoms with E-state index in [1.54, 1.807) is 7.11 Å². The number of methoxy groups -OCH3 is 1. The van der Waals surface area contributed by atoms with Gasteiger partial charge in [-0.2, -0.15) is 0 Å². The summed E-state index contributed by atoms with van der Waals surface area (Å²) in [6.45, 7) is 3.79. The third-order valence-electron chi connectivity index (χ3n) is 5.46. The molecule has 0 aromatic heterocycles. The molecule has 4 nitrogen and oxygen atoms in total. The van der Waals surface area contributed by atoms with E-state index in [0.717, 1.165) is 30.4 Å². The summed E-state index contributed by atoms with van der Waals surface area (Å²) >= 11 is 0. The molecule has 1 heterocycles. The maximum Gasteiger partial charge on any atom is 0.255 e. The Bertz CT molecular complexity index is 977. The zero-order valence-electron chi connectivity index (χ0n) is 16.3. The summed E-state index contributed by atoms with van der Waals surface area (Å²) in [4.78, 5) is 15.4. The monoisotopic (exact) mass is 374 g/mol. The second-order valence-corrected chi connectivity index (χ2v) is 7.33. The van der Waals surface area contributed by atoms with Crippen molar-refractivity contribution in [1.82, 2.24) is 10.2 Å². The second kappa shape index (κ2) is 8.44. The van der Waals surface area contributed by atoms with Crippen molar-refractivity contribution in [2.75, 3.05) is 20.2 Å². The molecule has 1 N–H and O–H groups in total. The van der Waals surface area contributed by atoms with Gasteiger partial charge in [-0.25, -0.2) is 0 Å². The molecule has 1 aliphatic rings. The molecule has 0 bridgehead atoms. The lowest BCUT2D eigenvalue weighted by molar-refractivity contribution is 0.0948. The maximum absolute atomic E-state index is 12.9. The van der Waals surface area contributed by atoms with Gasteiger partial charge in [0, 0.05) is 13.1 Å². The molecule has 0 spiro atoms. The molecule has 4 heteroatoms. The Balaban J connectivity index is 1.51. The number of carbonyl (C=O) groups is 1. The van der Waals surface area contributed by atoms with Crippen LogP contribution in [0.4, 0.5) is 0 Å². The molecule has 0 atom stereocenters. The van der Waals surface area contributed by atoms with E-state index in [1.807, 2.05) is 42.5 Å². The first kappa shape index (κ1) is 18.5. The molecule has 0 aliphatic carbocycles. The smallest absolute Gasteiger partial charge is 0.255 e. The van der Waals surface area contributed by atoms with Crippen molar-refractivity contribution in [3.8, 4) is 5.75 Å². The van der Waals surface area contributed by atoms with E-state index in [2.05, 4.69) is 28.4 Å². The average Bonchev–Trinajstić information content (AvgIpc) is 3.25. The topological polar surface area (TPSA) is 41.6 Å². The van der Waals surface area contributed by atoms with Crippen LogP contribution in [0.15, 0.2) is 60.7 Å². The molecule has 3 aromatic carbocycles. The number of ether oxygens (including phenoxy) is 1. The maximum atomic E-state index is 12.9. The van der Waals surface area contributed by atoms with Crippen molar-refractivity contribution >= 4 is 16.7 Å². The molecule has 1 amide bonds. The molecule has 4 rings (SSSR count). The highest BCUT2D eigenvalue weighted by atomic mass is 16.5. The van der Waals surface area contributed by atoms with Gasteiger partial charge in [0.25, 0.3) is 5.91 Å². The summed E-state index contributed by atoms with van der Waals surface area (Å²) in [5.74, 6) is 0.486. The quantitative estimate of drug-likeness (QED) is 0.696. The number of nitrogens with zero attached hydrogens (tertiary/aromatic N) is 1. The zero-order chi connectivity index (χ0) is 19.3. The number of hydrogen-bond acceptors (Lipinski definition) is 3. The first-order chi connectivity index (χ1) is 13.7. The lowest BCUT2D eigenvalue weighted by Gasteiger charge is -2.18. The van der Waals surface area contributed by atoms with Crippen molar-refractivity contribution < 1.29 is 9.53 Å².